The summed E-state index contributed by atoms with van der Waals surface area (Å²) in [6.07, 6.45) is 0. The van der Waals surface area contributed by atoms with Gasteiger partial charge in [-0.3, -0.25) is 0 Å². The van der Waals surface area contributed by atoms with Crippen molar-refractivity contribution in [2.24, 2.45) is 0 Å². The number of nitrogens with zero attached hydrogens (tertiary/aromatic N) is 2. The van der Waals surface area contributed by atoms with Crippen molar-refractivity contribution in [2.45, 2.75) is 0 Å². The summed E-state index contributed by atoms with van der Waals surface area (Å²) in [5, 5.41) is 10.9. The van der Waals surface area contributed by atoms with E-state index in [1.807, 2.05) is 30.3 Å². The van der Waals surface area contributed by atoms with Gasteiger partial charge in [-0.15, -0.1) is 0 Å². The van der Waals surface area contributed by atoms with Gasteiger partial charge in [0.2, 0.25) is 0 Å². The first-order valence-electron chi connectivity index (χ1n) is 4.90. The minimum Gasteiger partial charge on any atom is -0.197 e. The summed E-state index contributed by atoms with van der Waals surface area (Å²) in [7, 11) is 0. The van der Waals surface area contributed by atoms with Crippen LogP contribution in [0.25, 0.3) is 22.2 Å². The fourth-order valence-electron chi connectivity index (χ4n) is 1.73. The predicted molar refractivity (Wildman–Crippen MR) is 67.0 cm³/mol. The highest BCUT2D eigenvalue weighted by Gasteiger charge is 2.06. The van der Waals surface area contributed by atoms with E-state index in [4.69, 9.17) is 0 Å². The highest BCUT2D eigenvalue weighted by molar-refractivity contribution is 9.10. The highest BCUT2D eigenvalue weighted by atomic mass is 79.9. The summed E-state index contributed by atoms with van der Waals surface area (Å²) in [5.41, 5.74) is 4.03. The van der Waals surface area contributed by atoms with E-state index in [0.29, 0.717) is 0 Å². The van der Waals surface area contributed by atoms with Gasteiger partial charge in [-0.25, -0.2) is 0 Å². The molecule has 0 saturated heterocycles. The molecule has 0 fully saturated rings. The molecule has 3 rings (SSSR count). The zero-order valence-corrected chi connectivity index (χ0v) is 9.90. The second kappa shape index (κ2) is 3.72. The first-order chi connectivity index (χ1) is 7.84. The van der Waals surface area contributed by atoms with Gasteiger partial charge in [0.1, 0.15) is 11.0 Å². The van der Waals surface area contributed by atoms with E-state index in [9.17, 15) is 0 Å². The van der Waals surface area contributed by atoms with Crippen molar-refractivity contribution < 1.29 is 0 Å². The van der Waals surface area contributed by atoms with Crippen molar-refractivity contribution in [2.75, 3.05) is 0 Å². The lowest BCUT2D eigenvalue weighted by Crippen LogP contribution is -1.80. The lowest BCUT2D eigenvalue weighted by atomic mass is 10.0. The lowest BCUT2D eigenvalue weighted by Gasteiger charge is -2.01. The van der Waals surface area contributed by atoms with E-state index in [2.05, 4.69) is 43.5 Å². The monoisotopic (exact) mass is 273 g/mol. The number of aromatic nitrogens is 3. The van der Waals surface area contributed by atoms with Crippen molar-refractivity contribution in [3.63, 3.8) is 0 Å². The molecule has 0 aliphatic rings. The molecular formula is C12H8BrN3. The van der Waals surface area contributed by atoms with Crippen LogP contribution in [0, 0.1) is 0 Å². The van der Waals surface area contributed by atoms with Gasteiger partial charge in [-0.05, 0) is 23.8 Å². The van der Waals surface area contributed by atoms with E-state index in [0.717, 1.165) is 26.6 Å². The number of H-pyrrole nitrogens is 1. The Bertz CT molecular complexity index is 628. The number of benzene rings is 2. The number of halogens is 1. The van der Waals surface area contributed by atoms with Crippen LogP contribution in [0.4, 0.5) is 0 Å². The third-order valence-corrected chi connectivity index (χ3v) is 3.03. The van der Waals surface area contributed by atoms with Crippen LogP contribution in [0.3, 0.4) is 0 Å². The minimum atomic E-state index is 0.889. The van der Waals surface area contributed by atoms with Crippen LogP contribution in [-0.4, -0.2) is 15.4 Å². The summed E-state index contributed by atoms with van der Waals surface area (Å²) in [6, 6.07) is 14.2. The summed E-state index contributed by atoms with van der Waals surface area (Å²) in [4.78, 5) is 0. The Morgan fingerprint density at radius 3 is 2.56 bits per heavy atom. The zero-order chi connectivity index (χ0) is 11.0. The predicted octanol–water partition coefficient (Wildman–Crippen LogP) is 3.39. The average Bonchev–Trinajstić information content (AvgIpc) is 2.78. The molecule has 0 saturated carbocycles. The standard InChI is InChI=1S/C12H8BrN3/c13-9-6-4-8(5-7-9)10-2-1-3-11-12(10)15-16-14-11/h1-7H,(H,14,15,16). The molecule has 1 aromatic heterocycles. The number of fused-ring (bicyclic) bond motifs is 1. The highest BCUT2D eigenvalue weighted by Crippen LogP contribution is 2.26. The maximum Gasteiger partial charge on any atom is 0.120 e. The van der Waals surface area contributed by atoms with Crippen LogP contribution < -0.4 is 0 Å². The number of nitrogens with one attached hydrogen (secondary N) is 1. The summed E-state index contributed by atoms with van der Waals surface area (Å²) in [5.74, 6) is 0. The Hall–Kier alpha value is -1.68. The second-order valence-electron chi connectivity index (χ2n) is 3.50. The van der Waals surface area contributed by atoms with Gasteiger partial charge in [0.05, 0.1) is 0 Å². The van der Waals surface area contributed by atoms with Gasteiger partial charge in [0.25, 0.3) is 0 Å². The van der Waals surface area contributed by atoms with E-state index in [-0.39, 0.29) is 0 Å². The summed E-state index contributed by atoms with van der Waals surface area (Å²) >= 11 is 3.43. The zero-order valence-electron chi connectivity index (χ0n) is 8.31. The molecule has 1 N–H and O–H groups in total. The van der Waals surface area contributed by atoms with Crippen LogP contribution in [0.15, 0.2) is 46.9 Å². The average molecular weight is 274 g/mol. The molecule has 0 atom stereocenters. The van der Waals surface area contributed by atoms with Crippen molar-refractivity contribution in [3.05, 3.63) is 46.9 Å². The largest absolute Gasteiger partial charge is 0.197 e. The van der Waals surface area contributed by atoms with E-state index >= 15 is 0 Å². The van der Waals surface area contributed by atoms with Crippen LogP contribution in [-0.2, 0) is 0 Å². The van der Waals surface area contributed by atoms with Gasteiger partial charge in [0, 0.05) is 10.0 Å². The van der Waals surface area contributed by atoms with Crippen LogP contribution in [0.1, 0.15) is 0 Å². The van der Waals surface area contributed by atoms with Crippen molar-refractivity contribution in [1.29, 1.82) is 0 Å². The first-order valence-corrected chi connectivity index (χ1v) is 5.69. The topological polar surface area (TPSA) is 41.6 Å². The molecule has 3 nitrogen and oxygen atoms in total. The minimum absolute atomic E-state index is 0.889. The Balaban J connectivity index is 2.25. The lowest BCUT2D eigenvalue weighted by molar-refractivity contribution is 0.959. The summed E-state index contributed by atoms with van der Waals surface area (Å²) < 4.78 is 1.07. The summed E-state index contributed by atoms with van der Waals surface area (Å²) in [6.45, 7) is 0. The van der Waals surface area contributed by atoms with Gasteiger partial charge in [-0.2, -0.15) is 15.4 Å². The smallest absolute Gasteiger partial charge is 0.120 e. The van der Waals surface area contributed by atoms with Gasteiger partial charge in [0.15, 0.2) is 0 Å². The number of rotatable bonds is 1. The fourth-order valence-corrected chi connectivity index (χ4v) is 1.99. The molecule has 2 aromatic carbocycles. The fraction of sp³-hybridized carbons (Fsp3) is 0. The van der Waals surface area contributed by atoms with E-state index < -0.39 is 0 Å². The van der Waals surface area contributed by atoms with E-state index in [1.165, 1.54) is 0 Å². The van der Waals surface area contributed by atoms with Crippen molar-refractivity contribution in [1.82, 2.24) is 15.4 Å². The first kappa shape index (κ1) is 9.54. The molecular weight excluding hydrogens is 266 g/mol. The van der Waals surface area contributed by atoms with Crippen molar-refractivity contribution in [3.8, 4) is 11.1 Å². The quantitative estimate of drug-likeness (QED) is 0.739. The molecule has 16 heavy (non-hydrogen) atoms. The normalized spacial score (nSPS) is 10.8. The molecule has 4 heteroatoms. The Kier molecular flexibility index (Phi) is 2.22. The molecule has 0 aliphatic carbocycles. The van der Waals surface area contributed by atoms with Crippen LogP contribution in [0.2, 0.25) is 0 Å². The molecule has 0 aliphatic heterocycles. The molecule has 0 amide bonds. The van der Waals surface area contributed by atoms with Gasteiger partial charge >= 0.3 is 0 Å². The molecule has 0 bridgehead atoms. The maximum atomic E-state index is 4.17. The number of hydrogen-bond donors (Lipinski definition) is 1. The molecule has 0 spiro atoms. The van der Waals surface area contributed by atoms with E-state index in [1.54, 1.807) is 0 Å². The Labute approximate surface area is 101 Å². The maximum absolute atomic E-state index is 4.17. The SMILES string of the molecule is Brc1ccc(-c2cccc3n[nH]nc23)cc1. The molecule has 1 heterocycles. The Morgan fingerprint density at radius 1 is 0.938 bits per heavy atom. The van der Waals surface area contributed by atoms with Gasteiger partial charge in [-0.1, -0.05) is 40.2 Å². The molecule has 78 valence electrons. The third kappa shape index (κ3) is 1.51. The van der Waals surface area contributed by atoms with Crippen molar-refractivity contribution >= 4 is 27.0 Å². The molecule has 0 unspecified atom stereocenters. The molecule has 3 aromatic rings. The Morgan fingerprint density at radius 2 is 1.75 bits per heavy atom. The second-order valence-corrected chi connectivity index (χ2v) is 4.42. The van der Waals surface area contributed by atoms with Crippen LogP contribution >= 0.6 is 15.9 Å². The molecule has 0 radical (unpaired) electrons. The number of aromatic amines is 1. The third-order valence-electron chi connectivity index (χ3n) is 2.50. The van der Waals surface area contributed by atoms with Crippen LogP contribution in [0.5, 0.6) is 0 Å². The number of hydrogen-bond acceptors (Lipinski definition) is 2. The number of para-hydroxylation sites is 1. The van der Waals surface area contributed by atoms with Gasteiger partial charge < -0.3 is 0 Å².